The molecule has 2 heteroatoms. The third kappa shape index (κ3) is 4.44. The van der Waals surface area contributed by atoms with Crippen LogP contribution in [-0.4, -0.2) is 0 Å². The highest BCUT2D eigenvalue weighted by molar-refractivity contribution is 9.12. The lowest BCUT2D eigenvalue weighted by atomic mass is 10.6. The topological polar surface area (TPSA) is 0 Å². The van der Waals surface area contributed by atoms with Gasteiger partial charge in [-0.25, -0.2) is 0 Å². The van der Waals surface area contributed by atoms with E-state index in [1.807, 2.05) is 0 Å². The highest BCUT2D eigenvalue weighted by Crippen LogP contribution is 2.02. The molecule has 34 valence electrons. The molecule has 0 amide bonds. The molecule has 0 aliphatic carbocycles. The van der Waals surface area contributed by atoms with Crippen molar-refractivity contribution in [1.29, 1.82) is 0 Å². The summed E-state index contributed by atoms with van der Waals surface area (Å²) in [4.78, 5) is 1.74. The molecule has 0 aliphatic rings. The molecular formula is C4H4Br2. The fourth-order valence-electron chi connectivity index (χ4n) is 0.0684. The quantitative estimate of drug-likeness (QED) is 0.586. The molecule has 0 radical (unpaired) electrons. The second-order valence-electron chi connectivity index (χ2n) is 0.740. The Bertz CT molecular complexity index is 73.6. The lowest BCUT2D eigenvalue weighted by Crippen LogP contribution is -1.45. The molecule has 0 saturated carbocycles. The predicted molar refractivity (Wildman–Crippen MR) is 36.1 cm³/mol. The fourth-order valence-corrected chi connectivity index (χ4v) is 0.874. The minimum atomic E-state index is 0.874. The molecule has 0 atom stereocenters. The van der Waals surface area contributed by atoms with E-state index in [2.05, 4.69) is 38.4 Å². The van der Waals surface area contributed by atoms with Crippen LogP contribution in [0, 0.1) is 0 Å². The maximum Gasteiger partial charge on any atom is 0.0108 e. The van der Waals surface area contributed by atoms with Crippen molar-refractivity contribution < 1.29 is 0 Å². The van der Waals surface area contributed by atoms with E-state index in [0.717, 1.165) is 4.48 Å². The van der Waals surface area contributed by atoms with Crippen LogP contribution in [0.1, 0.15) is 0 Å². The summed E-state index contributed by atoms with van der Waals surface area (Å²) in [5, 5.41) is 0. The number of allylic oxidation sites excluding steroid dienone is 2. The van der Waals surface area contributed by atoms with Crippen LogP contribution in [0.5, 0.6) is 0 Å². The molecule has 0 fully saturated rings. The zero-order valence-electron chi connectivity index (χ0n) is 3.12. The summed E-state index contributed by atoms with van der Waals surface area (Å²) in [5.41, 5.74) is 0. The van der Waals surface area contributed by atoms with Crippen molar-refractivity contribution in [2.24, 2.45) is 0 Å². The minimum absolute atomic E-state index is 0.874. The van der Waals surface area contributed by atoms with Gasteiger partial charge in [-0.15, -0.1) is 0 Å². The van der Waals surface area contributed by atoms with Crippen molar-refractivity contribution >= 4 is 31.9 Å². The molecule has 0 saturated heterocycles. The van der Waals surface area contributed by atoms with Crippen LogP contribution in [0.2, 0.25) is 0 Å². The Balaban J connectivity index is 3.30. The number of rotatable bonds is 1. The van der Waals surface area contributed by atoms with Crippen LogP contribution in [0.4, 0.5) is 0 Å². The van der Waals surface area contributed by atoms with Crippen LogP contribution < -0.4 is 0 Å². The minimum Gasteiger partial charge on any atom is -0.0847 e. The van der Waals surface area contributed by atoms with Crippen molar-refractivity contribution in [3.8, 4) is 0 Å². The summed E-state index contributed by atoms with van der Waals surface area (Å²) < 4.78 is 0.874. The summed E-state index contributed by atoms with van der Waals surface area (Å²) in [6.45, 7) is 3.54. The van der Waals surface area contributed by atoms with Gasteiger partial charge in [0, 0.05) is 4.48 Å². The van der Waals surface area contributed by atoms with Crippen molar-refractivity contribution in [2.75, 3.05) is 0 Å². The van der Waals surface area contributed by atoms with Crippen LogP contribution in [-0.2, 0) is 0 Å². The third-order valence-electron chi connectivity index (χ3n) is 0.244. The molecule has 0 aliphatic heterocycles. The predicted octanol–water partition coefficient (Wildman–Crippen LogP) is 2.80. The van der Waals surface area contributed by atoms with E-state index < -0.39 is 0 Å². The average molecular weight is 212 g/mol. The molecular weight excluding hydrogens is 208 g/mol. The lowest BCUT2D eigenvalue weighted by molar-refractivity contribution is 2.07. The van der Waals surface area contributed by atoms with Crippen LogP contribution >= 0.6 is 31.9 Å². The standard InChI is InChI=1S/C4H4Br2/c1-4(6)2-3-5/h2-3H,1H2/b3-2+. The van der Waals surface area contributed by atoms with Gasteiger partial charge in [0.1, 0.15) is 0 Å². The first-order valence-electron chi connectivity index (χ1n) is 1.38. The summed E-state index contributed by atoms with van der Waals surface area (Å²) in [7, 11) is 0. The Morgan fingerprint density at radius 3 is 2.17 bits per heavy atom. The van der Waals surface area contributed by atoms with Crippen LogP contribution in [0.15, 0.2) is 22.1 Å². The number of hydrogen-bond donors (Lipinski definition) is 0. The maximum atomic E-state index is 3.54. The molecule has 0 aromatic carbocycles. The third-order valence-corrected chi connectivity index (χ3v) is 0.773. The SMILES string of the molecule is C=C(Br)/C=C/Br. The first-order chi connectivity index (χ1) is 2.77. The largest absolute Gasteiger partial charge is 0.0847 e. The van der Waals surface area contributed by atoms with Gasteiger partial charge in [-0.2, -0.15) is 0 Å². The van der Waals surface area contributed by atoms with Gasteiger partial charge in [0.15, 0.2) is 0 Å². The van der Waals surface area contributed by atoms with Crippen molar-refractivity contribution in [3.05, 3.63) is 22.1 Å². The van der Waals surface area contributed by atoms with Crippen LogP contribution in [0.25, 0.3) is 0 Å². The molecule has 0 spiro atoms. The van der Waals surface area contributed by atoms with Gasteiger partial charge in [0.05, 0.1) is 0 Å². The highest BCUT2D eigenvalue weighted by Gasteiger charge is 1.67. The molecule has 0 rings (SSSR count). The van der Waals surface area contributed by atoms with Crippen LogP contribution in [0.3, 0.4) is 0 Å². The monoisotopic (exact) mass is 210 g/mol. The maximum absolute atomic E-state index is 3.54. The number of hydrogen-bond acceptors (Lipinski definition) is 0. The molecule has 0 aromatic rings. The summed E-state index contributed by atoms with van der Waals surface area (Å²) in [6, 6.07) is 0. The lowest BCUT2D eigenvalue weighted by Gasteiger charge is -1.72. The van der Waals surface area contributed by atoms with E-state index in [-0.39, 0.29) is 0 Å². The average Bonchev–Trinajstić information content (AvgIpc) is 1.35. The zero-order valence-corrected chi connectivity index (χ0v) is 6.29. The molecule has 0 heterocycles. The summed E-state index contributed by atoms with van der Waals surface area (Å²) >= 11 is 6.20. The fraction of sp³-hybridized carbons (Fsp3) is 0. The van der Waals surface area contributed by atoms with Gasteiger partial charge >= 0.3 is 0 Å². The normalized spacial score (nSPS) is 9.67. The van der Waals surface area contributed by atoms with Gasteiger partial charge in [-0.1, -0.05) is 38.4 Å². The van der Waals surface area contributed by atoms with Gasteiger partial charge in [0.25, 0.3) is 0 Å². The van der Waals surface area contributed by atoms with Gasteiger partial charge in [-0.3, -0.25) is 0 Å². The first kappa shape index (κ1) is 6.44. The van der Waals surface area contributed by atoms with E-state index >= 15 is 0 Å². The number of halogens is 2. The zero-order chi connectivity index (χ0) is 4.99. The highest BCUT2D eigenvalue weighted by atomic mass is 79.9. The van der Waals surface area contributed by atoms with Crippen molar-refractivity contribution in [1.82, 2.24) is 0 Å². The molecule has 6 heavy (non-hydrogen) atoms. The van der Waals surface area contributed by atoms with E-state index in [9.17, 15) is 0 Å². The molecule has 0 aromatic heterocycles. The van der Waals surface area contributed by atoms with Crippen molar-refractivity contribution in [3.63, 3.8) is 0 Å². The van der Waals surface area contributed by atoms with E-state index in [4.69, 9.17) is 0 Å². The van der Waals surface area contributed by atoms with E-state index in [0.29, 0.717) is 0 Å². The second-order valence-corrected chi connectivity index (χ2v) is 2.29. The first-order valence-corrected chi connectivity index (χ1v) is 3.09. The van der Waals surface area contributed by atoms with E-state index in [1.54, 1.807) is 11.1 Å². The Morgan fingerprint density at radius 1 is 1.67 bits per heavy atom. The smallest absolute Gasteiger partial charge is 0.0108 e. The van der Waals surface area contributed by atoms with Crippen molar-refractivity contribution in [2.45, 2.75) is 0 Å². The van der Waals surface area contributed by atoms with Gasteiger partial charge in [-0.05, 0) is 11.1 Å². The molecule has 0 nitrogen and oxygen atoms in total. The Hall–Kier alpha value is 0.440. The summed E-state index contributed by atoms with van der Waals surface area (Å²) in [6.07, 6.45) is 1.81. The molecule has 0 bridgehead atoms. The Labute approximate surface area is 54.2 Å². The summed E-state index contributed by atoms with van der Waals surface area (Å²) in [5.74, 6) is 0. The second kappa shape index (κ2) is 3.62. The Morgan fingerprint density at radius 2 is 2.17 bits per heavy atom. The van der Waals surface area contributed by atoms with E-state index in [1.165, 1.54) is 0 Å². The Kier molecular flexibility index (Phi) is 3.89. The molecule has 0 N–H and O–H groups in total. The van der Waals surface area contributed by atoms with Gasteiger partial charge < -0.3 is 0 Å². The van der Waals surface area contributed by atoms with Gasteiger partial charge in [0.2, 0.25) is 0 Å². The molecule has 0 unspecified atom stereocenters.